The number of hydrogen-bond donors (Lipinski definition) is 1. The fourth-order valence-corrected chi connectivity index (χ4v) is 4.07. The van der Waals surface area contributed by atoms with E-state index in [1.54, 1.807) is 11.3 Å². The molecule has 1 fully saturated rings. The number of thiazole rings is 1. The van der Waals surface area contributed by atoms with Crippen molar-refractivity contribution in [2.24, 2.45) is 0 Å². The van der Waals surface area contributed by atoms with Gasteiger partial charge in [0, 0.05) is 4.88 Å². The van der Waals surface area contributed by atoms with Crippen LogP contribution >= 0.6 is 11.3 Å². The zero-order chi connectivity index (χ0) is 13.7. The van der Waals surface area contributed by atoms with Crippen molar-refractivity contribution in [3.05, 3.63) is 58.5 Å². The van der Waals surface area contributed by atoms with Crippen LogP contribution in [0.3, 0.4) is 0 Å². The lowest BCUT2D eigenvalue weighted by Gasteiger charge is -2.15. The van der Waals surface area contributed by atoms with Gasteiger partial charge in [-0.15, -0.1) is 11.3 Å². The van der Waals surface area contributed by atoms with Crippen LogP contribution in [0.4, 0.5) is 0 Å². The van der Waals surface area contributed by atoms with Gasteiger partial charge < -0.3 is 5.11 Å². The molecule has 0 spiro atoms. The fraction of sp³-hybridized carbons (Fsp3) is 0.312. The van der Waals surface area contributed by atoms with Crippen LogP contribution in [0.1, 0.15) is 46.6 Å². The summed E-state index contributed by atoms with van der Waals surface area (Å²) in [4.78, 5) is 6.66. The Bertz CT molecular complexity index is 770. The largest absolute Gasteiger partial charge is 0.382 e. The van der Waals surface area contributed by atoms with Gasteiger partial charge in [-0.1, -0.05) is 24.3 Å². The number of benzene rings is 1. The molecule has 0 bridgehead atoms. The molecule has 0 saturated heterocycles. The van der Waals surface area contributed by atoms with Crippen molar-refractivity contribution >= 4 is 16.2 Å². The summed E-state index contributed by atoms with van der Waals surface area (Å²) in [6.45, 7) is 2.05. The predicted octanol–water partition coefficient (Wildman–Crippen LogP) is 3.66. The van der Waals surface area contributed by atoms with Crippen LogP contribution in [0, 0.1) is 6.92 Å². The Morgan fingerprint density at radius 3 is 2.90 bits per heavy atom. The molecular weight excluding hydrogens is 268 g/mol. The minimum absolute atomic E-state index is 0.574. The number of fused-ring (bicyclic) bond motifs is 1. The molecule has 20 heavy (non-hydrogen) atoms. The molecule has 102 valence electrons. The van der Waals surface area contributed by atoms with Crippen molar-refractivity contribution < 1.29 is 5.11 Å². The molecule has 1 aliphatic rings. The molecular formula is C16H16N2OS. The predicted molar refractivity (Wildman–Crippen MR) is 80.3 cm³/mol. The number of rotatable bonds is 3. The normalized spacial score (nSPS) is 16.7. The molecule has 4 rings (SSSR count). The van der Waals surface area contributed by atoms with E-state index in [0.29, 0.717) is 5.92 Å². The molecule has 0 amide bonds. The summed E-state index contributed by atoms with van der Waals surface area (Å²) in [5.41, 5.74) is 3.13. The first-order valence-electron chi connectivity index (χ1n) is 6.94. The van der Waals surface area contributed by atoms with Crippen LogP contribution in [-0.2, 0) is 0 Å². The van der Waals surface area contributed by atoms with Crippen LogP contribution < -0.4 is 0 Å². The van der Waals surface area contributed by atoms with Crippen LogP contribution in [0.2, 0.25) is 0 Å². The highest BCUT2D eigenvalue weighted by Crippen LogP contribution is 2.47. The quantitative estimate of drug-likeness (QED) is 0.797. The van der Waals surface area contributed by atoms with E-state index in [1.807, 2.05) is 43.7 Å². The molecule has 4 heteroatoms. The van der Waals surface area contributed by atoms with E-state index in [0.717, 1.165) is 21.7 Å². The van der Waals surface area contributed by atoms with Crippen LogP contribution in [-0.4, -0.2) is 14.5 Å². The molecule has 1 unspecified atom stereocenters. The van der Waals surface area contributed by atoms with Gasteiger partial charge in [-0.25, -0.2) is 4.98 Å². The van der Waals surface area contributed by atoms with Crippen molar-refractivity contribution in [3.8, 4) is 0 Å². The maximum atomic E-state index is 10.9. The van der Waals surface area contributed by atoms with Crippen molar-refractivity contribution in [2.45, 2.75) is 31.8 Å². The molecule has 1 saturated carbocycles. The van der Waals surface area contributed by atoms with Gasteiger partial charge in [-0.3, -0.25) is 4.40 Å². The number of aromatic nitrogens is 2. The van der Waals surface area contributed by atoms with Crippen molar-refractivity contribution in [1.29, 1.82) is 0 Å². The Morgan fingerprint density at radius 1 is 1.35 bits per heavy atom. The first kappa shape index (κ1) is 12.1. The standard InChI is InChI=1S/C16H16N2OS/c1-10-4-2-3-5-12(10)15(19)14-16(11-6-7-11)20-13-8-17-9-18(13)14/h2-5,8-9,11,15,19H,6-7H2,1H3. The Morgan fingerprint density at radius 2 is 2.15 bits per heavy atom. The van der Waals surface area contributed by atoms with Crippen molar-refractivity contribution in [3.63, 3.8) is 0 Å². The summed E-state index contributed by atoms with van der Waals surface area (Å²) in [6.07, 6.45) is 5.60. The number of hydrogen-bond acceptors (Lipinski definition) is 3. The molecule has 0 aliphatic heterocycles. The molecule has 1 aliphatic carbocycles. The molecule has 1 atom stereocenters. The average molecular weight is 284 g/mol. The summed E-state index contributed by atoms with van der Waals surface area (Å²) >= 11 is 1.77. The summed E-state index contributed by atoms with van der Waals surface area (Å²) in [5.74, 6) is 0.633. The monoisotopic (exact) mass is 284 g/mol. The lowest BCUT2D eigenvalue weighted by atomic mass is 10.00. The van der Waals surface area contributed by atoms with Gasteiger partial charge in [0.15, 0.2) is 0 Å². The molecule has 3 nitrogen and oxygen atoms in total. The second-order valence-electron chi connectivity index (χ2n) is 5.49. The highest BCUT2D eigenvalue weighted by atomic mass is 32.1. The second kappa shape index (κ2) is 4.43. The van der Waals surface area contributed by atoms with Gasteiger partial charge in [-0.05, 0) is 36.8 Å². The summed E-state index contributed by atoms with van der Waals surface area (Å²) in [5, 5.41) is 10.9. The Kier molecular flexibility index (Phi) is 2.69. The Hall–Kier alpha value is -1.65. The van der Waals surface area contributed by atoms with E-state index >= 15 is 0 Å². The van der Waals surface area contributed by atoms with Gasteiger partial charge in [0.25, 0.3) is 0 Å². The van der Waals surface area contributed by atoms with E-state index in [9.17, 15) is 5.11 Å². The van der Waals surface area contributed by atoms with Gasteiger partial charge in [0.05, 0.1) is 11.9 Å². The van der Waals surface area contributed by atoms with Crippen LogP contribution in [0.5, 0.6) is 0 Å². The highest BCUT2D eigenvalue weighted by molar-refractivity contribution is 7.17. The molecule has 1 N–H and O–H groups in total. The van der Waals surface area contributed by atoms with Crippen LogP contribution in [0.25, 0.3) is 4.83 Å². The third kappa shape index (κ3) is 1.79. The lowest BCUT2D eigenvalue weighted by molar-refractivity contribution is 0.212. The van der Waals surface area contributed by atoms with Gasteiger partial charge in [0.1, 0.15) is 17.3 Å². The minimum atomic E-state index is -0.574. The van der Waals surface area contributed by atoms with E-state index in [4.69, 9.17) is 0 Å². The number of nitrogens with zero attached hydrogens (tertiary/aromatic N) is 2. The molecule has 3 aromatic rings. The maximum absolute atomic E-state index is 10.9. The second-order valence-corrected chi connectivity index (χ2v) is 6.55. The van der Waals surface area contributed by atoms with Crippen molar-refractivity contribution in [1.82, 2.24) is 9.38 Å². The van der Waals surface area contributed by atoms with E-state index in [2.05, 4.69) is 9.38 Å². The molecule has 0 radical (unpaired) electrons. The Balaban J connectivity index is 1.90. The van der Waals surface area contributed by atoms with Crippen LogP contribution in [0.15, 0.2) is 36.8 Å². The average Bonchev–Trinajstić information content (AvgIpc) is 3.08. The first-order valence-corrected chi connectivity index (χ1v) is 7.75. The minimum Gasteiger partial charge on any atom is -0.382 e. The maximum Gasteiger partial charge on any atom is 0.121 e. The third-order valence-corrected chi connectivity index (χ3v) is 5.29. The van der Waals surface area contributed by atoms with Gasteiger partial charge in [-0.2, -0.15) is 0 Å². The van der Waals surface area contributed by atoms with Crippen molar-refractivity contribution in [2.75, 3.05) is 0 Å². The lowest BCUT2D eigenvalue weighted by Crippen LogP contribution is -2.07. The van der Waals surface area contributed by atoms with E-state index in [-0.39, 0.29) is 0 Å². The fourth-order valence-electron chi connectivity index (χ4n) is 2.77. The smallest absolute Gasteiger partial charge is 0.121 e. The Labute approximate surface area is 121 Å². The zero-order valence-electron chi connectivity index (χ0n) is 11.3. The number of aliphatic hydroxyl groups excluding tert-OH is 1. The topological polar surface area (TPSA) is 37.5 Å². The third-order valence-electron chi connectivity index (χ3n) is 4.02. The number of aliphatic hydroxyl groups is 1. The summed E-state index contributed by atoms with van der Waals surface area (Å²) in [7, 11) is 0. The molecule has 2 heterocycles. The van der Waals surface area contributed by atoms with Gasteiger partial charge in [0.2, 0.25) is 0 Å². The SMILES string of the molecule is Cc1ccccc1C(O)c1c(C2CC2)sc2cncn12. The van der Waals surface area contributed by atoms with Gasteiger partial charge >= 0.3 is 0 Å². The summed E-state index contributed by atoms with van der Waals surface area (Å²) in [6, 6.07) is 8.05. The highest BCUT2D eigenvalue weighted by Gasteiger charge is 2.32. The number of aryl methyl sites for hydroxylation is 1. The molecule has 1 aromatic carbocycles. The first-order chi connectivity index (χ1) is 9.75. The van der Waals surface area contributed by atoms with E-state index in [1.165, 1.54) is 17.7 Å². The zero-order valence-corrected chi connectivity index (χ0v) is 12.1. The number of imidazole rings is 1. The molecule has 2 aromatic heterocycles. The van der Waals surface area contributed by atoms with E-state index < -0.39 is 6.10 Å². The summed E-state index contributed by atoms with van der Waals surface area (Å²) < 4.78 is 2.05.